The lowest BCUT2D eigenvalue weighted by Gasteiger charge is -2.33. The molecule has 1 heterocycles. The van der Waals surface area contributed by atoms with Gasteiger partial charge in [0.25, 0.3) is 0 Å². The Hall–Kier alpha value is -4.05. The van der Waals surface area contributed by atoms with E-state index in [1.54, 1.807) is 12.3 Å². The van der Waals surface area contributed by atoms with E-state index in [1.807, 2.05) is 72.8 Å². The summed E-state index contributed by atoms with van der Waals surface area (Å²) in [6.07, 6.45) is 1.74. The normalized spacial score (nSPS) is 14.2. The van der Waals surface area contributed by atoms with Gasteiger partial charge in [-0.15, -0.1) is 0 Å². The highest BCUT2D eigenvalue weighted by atomic mass is 19.1. The number of rotatable bonds is 4. The number of benzene rings is 4. The first-order chi connectivity index (χ1) is 15.7. The second-order valence-electron chi connectivity index (χ2n) is 7.98. The first-order valence-corrected chi connectivity index (χ1v) is 10.5. The maximum atomic E-state index is 14.8. The number of nitrogens with one attached hydrogen (secondary N) is 1. The lowest BCUT2D eigenvalue weighted by Crippen LogP contribution is -2.26. The molecule has 1 unspecified atom stereocenters. The zero-order chi connectivity index (χ0) is 21.7. The van der Waals surface area contributed by atoms with Crippen molar-refractivity contribution in [1.29, 1.82) is 0 Å². The summed E-state index contributed by atoms with van der Waals surface area (Å²) in [5.74, 6) is 0.281. The van der Waals surface area contributed by atoms with Crippen LogP contribution in [0.1, 0.15) is 17.2 Å². The Morgan fingerprint density at radius 1 is 0.719 bits per heavy atom. The topological polar surface area (TPSA) is 24.9 Å². The molecule has 0 saturated heterocycles. The van der Waals surface area contributed by atoms with Crippen LogP contribution >= 0.6 is 0 Å². The van der Waals surface area contributed by atoms with E-state index in [4.69, 9.17) is 0 Å². The van der Waals surface area contributed by atoms with Crippen LogP contribution in [0.2, 0.25) is 0 Å². The Morgan fingerprint density at radius 2 is 1.53 bits per heavy atom. The van der Waals surface area contributed by atoms with E-state index in [-0.39, 0.29) is 17.7 Å². The summed E-state index contributed by atoms with van der Waals surface area (Å²) in [6.45, 7) is 0. The fourth-order valence-corrected chi connectivity index (χ4v) is 4.49. The predicted molar refractivity (Wildman–Crippen MR) is 124 cm³/mol. The smallest absolute Gasteiger partial charge is 0.135 e. The molecule has 1 aliphatic rings. The highest BCUT2D eigenvalue weighted by Crippen LogP contribution is 2.46. The SMILES string of the molecule is FC1=C2C=CC(c3ccccc3)=C1C2Nc1nccc2cc(-c3cccc(F)c3)ccc12. The first-order valence-electron chi connectivity index (χ1n) is 10.5. The van der Waals surface area contributed by atoms with Crippen molar-refractivity contribution < 1.29 is 8.78 Å². The summed E-state index contributed by atoms with van der Waals surface area (Å²) in [7, 11) is 0. The summed E-state index contributed by atoms with van der Waals surface area (Å²) >= 11 is 0. The zero-order valence-corrected chi connectivity index (χ0v) is 17.0. The van der Waals surface area contributed by atoms with E-state index in [1.165, 1.54) is 12.1 Å². The number of fused-ring (bicyclic) bond motifs is 3. The highest BCUT2D eigenvalue weighted by Gasteiger charge is 2.35. The second-order valence-corrected chi connectivity index (χ2v) is 7.98. The predicted octanol–water partition coefficient (Wildman–Crippen LogP) is 7.36. The van der Waals surface area contributed by atoms with Crippen molar-refractivity contribution in [2.75, 3.05) is 5.32 Å². The molecule has 0 aliphatic heterocycles. The third-order valence-electron chi connectivity index (χ3n) is 6.10. The Kier molecular flexibility index (Phi) is 4.25. The molecule has 0 fully saturated rings. The largest absolute Gasteiger partial charge is 0.358 e. The Morgan fingerprint density at radius 3 is 2.34 bits per heavy atom. The van der Waals surface area contributed by atoms with E-state index in [0.29, 0.717) is 16.9 Å². The molecule has 1 atom stereocenters. The molecular formula is C28H18F2N2. The van der Waals surface area contributed by atoms with Gasteiger partial charge >= 0.3 is 0 Å². The van der Waals surface area contributed by atoms with Crippen LogP contribution in [0.15, 0.2) is 97.2 Å². The Balaban J connectivity index is 1.37. The minimum absolute atomic E-state index is 0.155. The van der Waals surface area contributed by atoms with Crippen LogP contribution in [0.25, 0.3) is 33.0 Å². The summed E-state index contributed by atoms with van der Waals surface area (Å²) in [5.41, 5.74) is 4.95. The van der Waals surface area contributed by atoms with Crippen LogP contribution < -0.4 is 5.32 Å². The number of hydrogen-bond acceptors (Lipinski definition) is 2. The van der Waals surface area contributed by atoms with Crippen LogP contribution in [0.4, 0.5) is 14.6 Å². The van der Waals surface area contributed by atoms with Gasteiger partial charge in [0.05, 0.1) is 6.04 Å². The van der Waals surface area contributed by atoms with Gasteiger partial charge in [0.1, 0.15) is 17.5 Å². The minimum atomic E-state index is -0.262. The first kappa shape index (κ1) is 18.7. The fourth-order valence-electron chi connectivity index (χ4n) is 4.49. The molecule has 2 nitrogen and oxygen atoms in total. The number of aromatic nitrogens is 1. The lowest BCUT2D eigenvalue weighted by atomic mass is 9.79. The van der Waals surface area contributed by atoms with Crippen LogP contribution in [-0.4, -0.2) is 4.98 Å². The van der Waals surface area contributed by atoms with Crippen molar-refractivity contribution in [1.82, 2.24) is 4.98 Å². The summed E-state index contributed by atoms with van der Waals surface area (Å²) in [6, 6.07) is 27.9. The average molecular weight is 420 g/mol. The van der Waals surface area contributed by atoms with Gasteiger partial charge in [-0.1, -0.05) is 66.7 Å². The van der Waals surface area contributed by atoms with Crippen LogP contribution in [0.5, 0.6) is 0 Å². The van der Waals surface area contributed by atoms with E-state index in [9.17, 15) is 8.78 Å². The molecule has 2 bridgehead atoms. The van der Waals surface area contributed by atoms with Crippen molar-refractivity contribution in [2.24, 2.45) is 0 Å². The number of hydrogen-bond donors (Lipinski definition) is 1. The van der Waals surface area contributed by atoms with Gasteiger partial charge in [-0.2, -0.15) is 0 Å². The molecule has 0 spiro atoms. The van der Waals surface area contributed by atoms with E-state index >= 15 is 0 Å². The maximum absolute atomic E-state index is 14.8. The zero-order valence-electron chi connectivity index (χ0n) is 17.0. The number of pyridine rings is 1. The van der Waals surface area contributed by atoms with Crippen molar-refractivity contribution in [3.63, 3.8) is 0 Å². The van der Waals surface area contributed by atoms with Gasteiger partial charge in [0, 0.05) is 22.7 Å². The van der Waals surface area contributed by atoms with Crippen molar-refractivity contribution in [3.8, 4) is 22.3 Å². The van der Waals surface area contributed by atoms with Crippen molar-refractivity contribution in [3.05, 3.63) is 120 Å². The molecule has 0 amide bonds. The molecule has 32 heavy (non-hydrogen) atoms. The quantitative estimate of drug-likeness (QED) is 0.328. The minimum Gasteiger partial charge on any atom is -0.358 e. The molecule has 154 valence electrons. The number of nitrogens with zero attached hydrogens (tertiary/aromatic N) is 1. The van der Waals surface area contributed by atoms with Gasteiger partial charge in [-0.3, -0.25) is 0 Å². The number of halogens is 2. The van der Waals surface area contributed by atoms with Gasteiger partial charge in [-0.05, 0) is 51.9 Å². The number of anilines is 1. The molecule has 0 radical (unpaired) electrons. The van der Waals surface area contributed by atoms with Crippen LogP contribution in [0, 0.1) is 11.6 Å². The van der Waals surface area contributed by atoms with E-state index in [0.717, 1.165) is 33.0 Å². The molecule has 0 saturated carbocycles. The summed E-state index contributed by atoms with van der Waals surface area (Å²) in [5, 5.41) is 5.36. The molecule has 5 aromatic rings. The van der Waals surface area contributed by atoms with E-state index in [2.05, 4.69) is 10.3 Å². The average Bonchev–Trinajstić information content (AvgIpc) is 2.84. The molecule has 4 heteroatoms. The maximum Gasteiger partial charge on any atom is 0.135 e. The molecule has 6 rings (SSSR count). The van der Waals surface area contributed by atoms with Crippen LogP contribution in [0.3, 0.4) is 0 Å². The monoisotopic (exact) mass is 420 g/mol. The molecule has 4 aromatic carbocycles. The van der Waals surface area contributed by atoms with Crippen LogP contribution in [-0.2, 0) is 0 Å². The highest BCUT2D eigenvalue weighted by molar-refractivity contribution is 5.95. The third-order valence-corrected chi connectivity index (χ3v) is 6.10. The van der Waals surface area contributed by atoms with Crippen molar-refractivity contribution >= 4 is 16.6 Å². The fraction of sp³-hybridized carbons (Fsp3) is 0.0357. The standard InChI is InChI=1S/C28H18F2N2/c29-21-8-4-7-18(16-21)19-9-10-23-20(15-19)13-14-31-28(23)32-27-24-12-11-22(25(27)26(24)30)17-5-2-1-3-6-17/h1-16,27H,(H,31,32). The molecule has 1 aromatic heterocycles. The lowest BCUT2D eigenvalue weighted by molar-refractivity contribution is 0.544. The molecular weight excluding hydrogens is 402 g/mol. The third kappa shape index (κ3) is 2.95. The van der Waals surface area contributed by atoms with Gasteiger partial charge in [-0.25, -0.2) is 13.8 Å². The Bertz CT molecular complexity index is 1480. The van der Waals surface area contributed by atoms with Gasteiger partial charge in [0.15, 0.2) is 0 Å². The van der Waals surface area contributed by atoms with Gasteiger partial charge in [0.2, 0.25) is 0 Å². The van der Waals surface area contributed by atoms with Crippen molar-refractivity contribution in [2.45, 2.75) is 6.04 Å². The summed E-state index contributed by atoms with van der Waals surface area (Å²) < 4.78 is 28.4. The molecule has 1 aliphatic carbocycles. The summed E-state index contributed by atoms with van der Waals surface area (Å²) in [4.78, 5) is 4.53. The molecule has 1 N–H and O–H groups in total. The van der Waals surface area contributed by atoms with E-state index < -0.39 is 0 Å². The van der Waals surface area contributed by atoms with Gasteiger partial charge < -0.3 is 5.32 Å². The Labute approximate surface area is 184 Å². The second kappa shape index (κ2) is 7.27.